The van der Waals surface area contributed by atoms with Crippen LogP contribution in [0.1, 0.15) is 39.1 Å². The smallest absolute Gasteiger partial charge is 0.225 e. The SMILES string of the molecule is Cl.Cn1ccnc1C1CNCCN1C(=O)CCNC(=O)C(C)(C)C. The van der Waals surface area contributed by atoms with Crippen molar-refractivity contribution in [3.05, 3.63) is 18.2 Å². The molecule has 0 saturated carbocycles. The highest BCUT2D eigenvalue weighted by Crippen LogP contribution is 2.21. The zero-order valence-electron chi connectivity index (χ0n) is 14.8. The molecule has 8 heteroatoms. The lowest BCUT2D eigenvalue weighted by molar-refractivity contribution is -0.135. The summed E-state index contributed by atoms with van der Waals surface area (Å²) in [6, 6.07) is -0.0606. The van der Waals surface area contributed by atoms with Gasteiger partial charge in [0, 0.05) is 57.5 Å². The minimum absolute atomic E-state index is 0. The van der Waals surface area contributed by atoms with Crippen molar-refractivity contribution >= 4 is 24.2 Å². The van der Waals surface area contributed by atoms with Crippen molar-refractivity contribution in [3.63, 3.8) is 0 Å². The van der Waals surface area contributed by atoms with E-state index in [1.165, 1.54) is 0 Å². The number of nitrogens with zero attached hydrogens (tertiary/aromatic N) is 3. The number of imidazole rings is 1. The average molecular weight is 358 g/mol. The molecule has 1 aliphatic rings. The lowest BCUT2D eigenvalue weighted by Gasteiger charge is -2.36. The summed E-state index contributed by atoms with van der Waals surface area (Å²) < 4.78 is 1.94. The van der Waals surface area contributed by atoms with E-state index >= 15 is 0 Å². The van der Waals surface area contributed by atoms with Gasteiger partial charge in [0.2, 0.25) is 11.8 Å². The Morgan fingerprint density at radius 2 is 2.12 bits per heavy atom. The van der Waals surface area contributed by atoms with Crippen LogP contribution >= 0.6 is 12.4 Å². The molecule has 1 aromatic rings. The van der Waals surface area contributed by atoms with Gasteiger partial charge >= 0.3 is 0 Å². The van der Waals surface area contributed by atoms with Crippen LogP contribution < -0.4 is 10.6 Å². The molecular formula is C16H28ClN5O2. The molecule has 0 bridgehead atoms. The fraction of sp³-hybridized carbons (Fsp3) is 0.688. The third kappa shape index (κ3) is 4.95. The Bertz CT molecular complexity index is 567. The second-order valence-corrected chi connectivity index (χ2v) is 6.96. The van der Waals surface area contributed by atoms with Gasteiger partial charge in [-0.05, 0) is 0 Å². The van der Waals surface area contributed by atoms with Gasteiger partial charge < -0.3 is 20.1 Å². The van der Waals surface area contributed by atoms with E-state index < -0.39 is 5.41 Å². The van der Waals surface area contributed by atoms with Crippen LogP contribution in [0.25, 0.3) is 0 Å². The van der Waals surface area contributed by atoms with Crippen molar-refractivity contribution < 1.29 is 9.59 Å². The predicted octanol–water partition coefficient (Wildman–Crippen LogP) is 0.867. The van der Waals surface area contributed by atoms with E-state index in [4.69, 9.17) is 0 Å². The molecule has 24 heavy (non-hydrogen) atoms. The quantitative estimate of drug-likeness (QED) is 0.838. The molecule has 0 aliphatic carbocycles. The second-order valence-electron chi connectivity index (χ2n) is 6.96. The molecule has 7 nitrogen and oxygen atoms in total. The molecule has 136 valence electrons. The maximum absolute atomic E-state index is 12.6. The summed E-state index contributed by atoms with van der Waals surface area (Å²) >= 11 is 0. The molecule has 2 N–H and O–H groups in total. The van der Waals surface area contributed by atoms with Crippen molar-refractivity contribution in [2.45, 2.75) is 33.2 Å². The van der Waals surface area contributed by atoms with E-state index in [2.05, 4.69) is 15.6 Å². The number of amides is 2. The molecule has 1 atom stereocenters. The van der Waals surface area contributed by atoms with Crippen LogP contribution in [0.3, 0.4) is 0 Å². The fourth-order valence-electron chi connectivity index (χ4n) is 2.62. The first-order valence-electron chi connectivity index (χ1n) is 8.06. The zero-order valence-corrected chi connectivity index (χ0v) is 15.7. The number of carbonyl (C=O) groups is 2. The van der Waals surface area contributed by atoms with Crippen molar-refractivity contribution in [1.82, 2.24) is 25.1 Å². The van der Waals surface area contributed by atoms with E-state index in [0.29, 0.717) is 26.1 Å². The Kier molecular flexibility index (Phi) is 7.23. The van der Waals surface area contributed by atoms with Gasteiger partial charge in [-0.1, -0.05) is 20.8 Å². The standard InChI is InChI=1S/C16H27N5O2.ClH/c1-16(2,3)15(23)19-6-5-13(22)21-10-7-17-11-12(21)14-18-8-9-20(14)4;/h8-9,12,17H,5-7,10-11H2,1-4H3,(H,19,23);1H. The van der Waals surface area contributed by atoms with Crippen molar-refractivity contribution in [2.24, 2.45) is 12.5 Å². The summed E-state index contributed by atoms with van der Waals surface area (Å²) in [7, 11) is 1.93. The Labute approximate surface area is 149 Å². The highest BCUT2D eigenvalue weighted by Gasteiger charge is 2.30. The van der Waals surface area contributed by atoms with Crippen LogP contribution in [-0.2, 0) is 16.6 Å². The molecule has 1 aromatic heterocycles. The maximum Gasteiger partial charge on any atom is 0.225 e. The molecular weight excluding hydrogens is 330 g/mol. The van der Waals surface area contributed by atoms with E-state index in [9.17, 15) is 9.59 Å². The van der Waals surface area contributed by atoms with Gasteiger partial charge in [0.1, 0.15) is 11.9 Å². The van der Waals surface area contributed by atoms with E-state index in [0.717, 1.165) is 12.4 Å². The molecule has 0 radical (unpaired) electrons. The number of nitrogens with one attached hydrogen (secondary N) is 2. The average Bonchev–Trinajstić information content (AvgIpc) is 2.92. The highest BCUT2D eigenvalue weighted by atomic mass is 35.5. The number of hydrogen-bond acceptors (Lipinski definition) is 4. The summed E-state index contributed by atoms with van der Waals surface area (Å²) in [5, 5.41) is 6.14. The van der Waals surface area contributed by atoms with Crippen LogP contribution in [-0.4, -0.2) is 52.4 Å². The van der Waals surface area contributed by atoms with Gasteiger partial charge in [-0.15, -0.1) is 12.4 Å². The molecule has 1 saturated heterocycles. The Morgan fingerprint density at radius 3 is 2.71 bits per heavy atom. The third-order valence-corrected chi connectivity index (χ3v) is 4.03. The first kappa shape index (κ1) is 20.4. The van der Waals surface area contributed by atoms with Crippen molar-refractivity contribution in [3.8, 4) is 0 Å². The fourth-order valence-corrected chi connectivity index (χ4v) is 2.62. The van der Waals surface area contributed by atoms with Crippen molar-refractivity contribution in [2.75, 3.05) is 26.2 Å². The molecule has 0 aromatic carbocycles. The number of halogens is 1. The molecule has 1 unspecified atom stereocenters. The van der Waals surface area contributed by atoms with E-state index in [1.807, 2.05) is 43.5 Å². The summed E-state index contributed by atoms with van der Waals surface area (Å²) in [6.45, 7) is 8.08. The number of hydrogen-bond donors (Lipinski definition) is 2. The molecule has 0 spiro atoms. The first-order chi connectivity index (χ1) is 10.8. The van der Waals surface area contributed by atoms with Gasteiger partial charge in [-0.3, -0.25) is 9.59 Å². The summed E-state index contributed by atoms with van der Waals surface area (Å²) in [6.07, 6.45) is 3.94. The summed E-state index contributed by atoms with van der Waals surface area (Å²) in [4.78, 5) is 30.7. The number of aryl methyl sites for hydroxylation is 1. The van der Waals surface area contributed by atoms with Gasteiger partial charge in [-0.25, -0.2) is 4.98 Å². The van der Waals surface area contributed by atoms with Crippen LogP contribution in [0.15, 0.2) is 12.4 Å². The number of rotatable bonds is 4. The summed E-state index contributed by atoms with van der Waals surface area (Å²) in [5.41, 5.74) is -0.437. The number of piperazine rings is 1. The molecule has 1 aliphatic heterocycles. The monoisotopic (exact) mass is 357 g/mol. The Morgan fingerprint density at radius 1 is 1.42 bits per heavy atom. The van der Waals surface area contributed by atoms with E-state index in [-0.39, 0.29) is 30.3 Å². The van der Waals surface area contributed by atoms with Gasteiger partial charge in [0.15, 0.2) is 0 Å². The molecule has 1 fully saturated rings. The largest absolute Gasteiger partial charge is 0.355 e. The van der Waals surface area contributed by atoms with Crippen LogP contribution in [0.4, 0.5) is 0 Å². The summed E-state index contributed by atoms with van der Waals surface area (Å²) in [5.74, 6) is 0.893. The number of carbonyl (C=O) groups excluding carboxylic acids is 2. The van der Waals surface area contributed by atoms with Gasteiger partial charge in [-0.2, -0.15) is 0 Å². The topological polar surface area (TPSA) is 79.3 Å². The lowest BCUT2D eigenvalue weighted by Crippen LogP contribution is -2.50. The first-order valence-corrected chi connectivity index (χ1v) is 8.06. The molecule has 2 amide bonds. The minimum Gasteiger partial charge on any atom is -0.355 e. The van der Waals surface area contributed by atoms with Gasteiger partial charge in [0.05, 0.1) is 0 Å². The highest BCUT2D eigenvalue weighted by molar-refractivity contribution is 5.85. The van der Waals surface area contributed by atoms with E-state index in [1.54, 1.807) is 6.20 Å². The van der Waals surface area contributed by atoms with Crippen molar-refractivity contribution in [1.29, 1.82) is 0 Å². The van der Waals surface area contributed by atoms with Crippen LogP contribution in [0.5, 0.6) is 0 Å². The van der Waals surface area contributed by atoms with Gasteiger partial charge in [0.25, 0.3) is 0 Å². The van der Waals surface area contributed by atoms with Crippen LogP contribution in [0, 0.1) is 5.41 Å². The van der Waals surface area contributed by atoms with Crippen LogP contribution in [0.2, 0.25) is 0 Å². The lowest BCUT2D eigenvalue weighted by atomic mass is 9.96. The Hall–Kier alpha value is -1.60. The maximum atomic E-state index is 12.6. The molecule has 2 heterocycles. The normalized spacial score (nSPS) is 18.0. The number of aromatic nitrogens is 2. The zero-order chi connectivity index (χ0) is 17.0. The second kappa shape index (κ2) is 8.48. The third-order valence-electron chi connectivity index (χ3n) is 4.03. The Balaban J connectivity index is 0.00000288. The predicted molar refractivity (Wildman–Crippen MR) is 94.9 cm³/mol. The minimum atomic E-state index is -0.437. The molecule has 2 rings (SSSR count).